The van der Waals surface area contributed by atoms with E-state index < -0.39 is 24.5 Å². The number of hydrogen-bond acceptors (Lipinski definition) is 8. The average molecular weight is 521 g/mol. The molecule has 0 bridgehead atoms. The van der Waals surface area contributed by atoms with E-state index in [-0.39, 0.29) is 24.2 Å². The second-order valence-electron chi connectivity index (χ2n) is 9.90. The Morgan fingerprint density at radius 3 is 2.37 bits per heavy atom. The third kappa shape index (κ3) is 7.05. The van der Waals surface area contributed by atoms with E-state index in [1.54, 1.807) is 5.06 Å². The minimum atomic E-state index is -0.707. The molecule has 0 saturated carbocycles. The molecule has 2 unspecified atom stereocenters. The summed E-state index contributed by atoms with van der Waals surface area (Å²) in [5, 5.41) is 12.7. The maximum absolute atomic E-state index is 13.3. The first-order valence-corrected chi connectivity index (χ1v) is 13.3. The molecule has 0 spiro atoms. The van der Waals surface area contributed by atoms with Crippen LogP contribution in [-0.2, 0) is 20.8 Å². The number of nitrogens with one attached hydrogen (secondary N) is 1. The minimum absolute atomic E-state index is 0.00778. The number of hydrogen-bond donors (Lipinski definition) is 1. The van der Waals surface area contributed by atoms with Crippen LogP contribution in [0.4, 0.5) is 4.79 Å². The molecule has 2 aromatic carbocycles. The molecule has 0 radical (unpaired) electrons. The van der Waals surface area contributed by atoms with Gasteiger partial charge in [-0.2, -0.15) is 0 Å². The summed E-state index contributed by atoms with van der Waals surface area (Å²) < 4.78 is 11.6. The SMILES string of the molecule is CCCC[C@H](NC(=O)O[C@H](Cc1nnc(-c2ccccc2)o1)C(C)C)C(=O)C1ON1[C@H](C)c1ccccc1. The Bertz CT molecular complexity index is 1180. The molecule has 1 aromatic heterocycles. The maximum Gasteiger partial charge on any atom is 0.408 e. The van der Waals surface area contributed by atoms with Gasteiger partial charge in [0.25, 0.3) is 0 Å². The summed E-state index contributed by atoms with van der Waals surface area (Å²) in [6.07, 6.45) is 0.613. The van der Waals surface area contributed by atoms with Crippen LogP contribution < -0.4 is 5.32 Å². The number of carbonyl (C=O) groups is 2. The van der Waals surface area contributed by atoms with Crippen molar-refractivity contribution >= 4 is 11.9 Å². The summed E-state index contributed by atoms with van der Waals surface area (Å²) in [6, 6.07) is 18.5. The molecule has 202 valence electrons. The second-order valence-corrected chi connectivity index (χ2v) is 9.90. The van der Waals surface area contributed by atoms with Crippen LogP contribution in [0.25, 0.3) is 11.5 Å². The quantitative estimate of drug-likeness (QED) is 0.295. The van der Waals surface area contributed by atoms with Crippen LogP contribution in [0.3, 0.4) is 0 Å². The molecule has 1 saturated heterocycles. The largest absolute Gasteiger partial charge is 0.445 e. The molecule has 3 aromatic rings. The van der Waals surface area contributed by atoms with E-state index >= 15 is 0 Å². The lowest BCUT2D eigenvalue weighted by Gasteiger charge is -2.22. The number of ketones is 1. The lowest BCUT2D eigenvalue weighted by molar-refractivity contribution is -0.122. The number of rotatable bonds is 13. The van der Waals surface area contributed by atoms with Gasteiger partial charge >= 0.3 is 6.09 Å². The van der Waals surface area contributed by atoms with Crippen molar-refractivity contribution in [3.8, 4) is 11.5 Å². The number of benzene rings is 2. The van der Waals surface area contributed by atoms with Gasteiger partial charge in [0.15, 0.2) is 0 Å². The van der Waals surface area contributed by atoms with Gasteiger partial charge in [-0.05, 0) is 37.0 Å². The topological polar surface area (TPSA) is 110 Å². The number of nitrogens with zero attached hydrogens (tertiary/aromatic N) is 3. The minimum Gasteiger partial charge on any atom is -0.445 e. The van der Waals surface area contributed by atoms with Crippen LogP contribution in [-0.4, -0.2) is 45.5 Å². The first-order valence-electron chi connectivity index (χ1n) is 13.3. The van der Waals surface area contributed by atoms with Crippen LogP contribution in [0.15, 0.2) is 65.1 Å². The van der Waals surface area contributed by atoms with E-state index in [0.717, 1.165) is 24.0 Å². The van der Waals surface area contributed by atoms with Gasteiger partial charge in [0.05, 0.1) is 18.5 Å². The van der Waals surface area contributed by atoms with Crippen molar-refractivity contribution < 1.29 is 23.6 Å². The fraction of sp³-hybridized carbons (Fsp3) is 0.448. The maximum atomic E-state index is 13.3. The van der Waals surface area contributed by atoms with Crippen LogP contribution in [0, 0.1) is 5.92 Å². The number of ether oxygens (including phenoxy) is 1. The smallest absolute Gasteiger partial charge is 0.408 e. The third-order valence-corrected chi connectivity index (χ3v) is 6.66. The molecule has 38 heavy (non-hydrogen) atoms. The van der Waals surface area contributed by atoms with Crippen LogP contribution in [0.1, 0.15) is 64.5 Å². The van der Waals surface area contributed by atoms with Crippen molar-refractivity contribution in [3.05, 3.63) is 72.1 Å². The molecule has 9 nitrogen and oxygen atoms in total. The highest BCUT2D eigenvalue weighted by atomic mass is 16.8. The highest BCUT2D eigenvalue weighted by Gasteiger charge is 2.49. The van der Waals surface area contributed by atoms with Crippen molar-refractivity contribution in [2.75, 3.05) is 0 Å². The summed E-state index contributed by atoms with van der Waals surface area (Å²) in [5.74, 6) is 0.609. The fourth-order valence-corrected chi connectivity index (χ4v) is 4.24. The van der Waals surface area contributed by atoms with E-state index in [9.17, 15) is 9.59 Å². The van der Waals surface area contributed by atoms with Gasteiger partial charge in [0.2, 0.25) is 23.8 Å². The van der Waals surface area contributed by atoms with Crippen molar-refractivity contribution in [2.24, 2.45) is 5.92 Å². The van der Waals surface area contributed by atoms with Gasteiger partial charge in [0.1, 0.15) is 6.10 Å². The number of hydroxylamine groups is 2. The molecule has 1 fully saturated rings. The highest BCUT2D eigenvalue weighted by Crippen LogP contribution is 2.34. The van der Waals surface area contributed by atoms with E-state index in [4.69, 9.17) is 14.0 Å². The van der Waals surface area contributed by atoms with E-state index in [1.807, 2.05) is 88.4 Å². The molecular formula is C29H36N4O5. The van der Waals surface area contributed by atoms with Crippen LogP contribution >= 0.6 is 0 Å². The van der Waals surface area contributed by atoms with E-state index in [0.29, 0.717) is 18.2 Å². The van der Waals surface area contributed by atoms with Gasteiger partial charge in [-0.3, -0.25) is 9.63 Å². The van der Waals surface area contributed by atoms with Gasteiger partial charge in [-0.1, -0.05) is 82.1 Å². The van der Waals surface area contributed by atoms with Crippen LogP contribution in [0.5, 0.6) is 0 Å². The molecule has 2 heterocycles. The Balaban J connectivity index is 1.36. The van der Waals surface area contributed by atoms with Crippen molar-refractivity contribution in [2.45, 2.75) is 77.8 Å². The van der Waals surface area contributed by atoms with Crippen molar-refractivity contribution in [1.29, 1.82) is 0 Å². The first-order chi connectivity index (χ1) is 18.4. The summed E-state index contributed by atoms with van der Waals surface area (Å²) >= 11 is 0. The molecular weight excluding hydrogens is 484 g/mol. The number of unbranched alkanes of at least 4 members (excludes halogenated alkanes) is 1. The first kappa shape index (κ1) is 27.5. The number of carbonyl (C=O) groups excluding carboxylic acids is 2. The predicted molar refractivity (Wildman–Crippen MR) is 142 cm³/mol. The van der Waals surface area contributed by atoms with Crippen LogP contribution in [0.2, 0.25) is 0 Å². The third-order valence-electron chi connectivity index (χ3n) is 6.66. The summed E-state index contributed by atoms with van der Waals surface area (Å²) in [5.41, 5.74) is 1.87. The number of aromatic nitrogens is 2. The molecule has 1 aliphatic rings. The Morgan fingerprint density at radius 1 is 1.03 bits per heavy atom. The fourth-order valence-electron chi connectivity index (χ4n) is 4.24. The van der Waals surface area contributed by atoms with Crippen molar-refractivity contribution in [3.63, 3.8) is 0 Å². The molecule has 1 amide bonds. The zero-order chi connectivity index (χ0) is 27.1. The summed E-state index contributed by atoms with van der Waals surface area (Å²) in [6.45, 7) is 7.93. The number of Topliss-reactive ketones (excluding diaryl/α,β-unsaturated/α-hetero) is 1. The van der Waals surface area contributed by atoms with Gasteiger partial charge < -0.3 is 14.5 Å². The van der Waals surface area contributed by atoms with Gasteiger partial charge in [-0.15, -0.1) is 15.3 Å². The standard InChI is InChI=1S/C29H36N4O5/c1-5-6-17-23(26(34)28-33(38-28)20(4)21-13-9-7-10-14-21)30-29(35)36-24(19(2)3)18-25-31-32-27(37-25)22-15-11-8-12-16-22/h7-16,19-20,23-24,28H,5-6,17-18H2,1-4H3,(H,30,35)/t20-,23+,24-,28?,33?/m1/s1. The molecule has 5 atom stereocenters. The Hall–Kier alpha value is -3.56. The zero-order valence-corrected chi connectivity index (χ0v) is 22.4. The molecule has 9 heteroatoms. The highest BCUT2D eigenvalue weighted by molar-refractivity contribution is 5.91. The molecule has 0 aliphatic carbocycles. The van der Waals surface area contributed by atoms with Gasteiger partial charge in [0, 0.05) is 5.56 Å². The molecule has 1 N–H and O–H groups in total. The van der Waals surface area contributed by atoms with Gasteiger partial charge in [-0.25, -0.2) is 4.79 Å². The monoisotopic (exact) mass is 520 g/mol. The second kappa shape index (κ2) is 12.8. The lowest BCUT2D eigenvalue weighted by Crippen LogP contribution is -2.45. The Morgan fingerprint density at radius 2 is 1.71 bits per heavy atom. The average Bonchev–Trinajstić information content (AvgIpc) is 3.60. The lowest BCUT2D eigenvalue weighted by atomic mass is 10.0. The Labute approximate surface area is 223 Å². The molecule has 4 rings (SSSR count). The normalized spacial score (nSPS) is 19.0. The Kier molecular flexibility index (Phi) is 9.25. The molecule has 1 aliphatic heterocycles. The number of alkyl carbamates (subject to hydrolysis) is 1. The zero-order valence-electron chi connectivity index (χ0n) is 22.4. The predicted octanol–water partition coefficient (Wildman–Crippen LogP) is 5.49. The number of amides is 1. The summed E-state index contributed by atoms with van der Waals surface area (Å²) in [4.78, 5) is 31.8. The van der Waals surface area contributed by atoms with Crippen molar-refractivity contribution in [1.82, 2.24) is 20.6 Å². The van der Waals surface area contributed by atoms with E-state index in [2.05, 4.69) is 15.5 Å². The van der Waals surface area contributed by atoms with E-state index in [1.165, 1.54) is 0 Å². The summed E-state index contributed by atoms with van der Waals surface area (Å²) in [7, 11) is 0.